The van der Waals surface area contributed by atoms with Gasteiger partial charge >= 0.3 is 6.09 Å². The molecule has 0 unspecified atom stereocenters. The maximum Gasteiger partial charge on any atom is 0.417 e. The van der Waals surface area contributed by atoms with Gasteiger partial charge in [-0.3, -0.25) is 9.59 Å². The Balaban J connectivity index is 1.41. The zero-order valence-electron chi connectivity index (χ0n) is 14.4. The minimum atomic E-state index is -0.560. The maximum atomic E-state index is 12.7. The fourth-order valence-electron chi connectivity index (χ4n) is 3.81. The molecule has 0 bridgehead atoms. The van der Waals surface area contributed by atoms with Crippen LogP contribution in [-0.4, -0.2) is 53.4 Å². The van der Waals surface area contributed by atoms with Crippen molar-refractivity contribution >= 4 is 28.7 Å². The van der Waals surface area contributed by atoms with Crippen LogP contribution in [0.2, 0.25) is 0 Å². The predicted octanol–water partition coefficient (Wildman–Crippen LogP) is 2.35. The highest BCUT2D eigenvalue weighted by Crippen LogP contribution is 2.23. The van der Waals surface area contributed by atoms with E-state index in [1.165, 1.54) is 4.90 Å². The molecule has 0 aromatic heterocycles. The van der Waals surface area contributed by atoms with Gasteiger partial charge in [0.05, 0.1) is 6.42 Å². The second-order valence-corrected chi connectivity index (χ2v) is 6.75. The van der Waals surface area contributed by atoms with Crippen LogP contribution in [0.4, 0.5) is 4.79 Å². The summed E-state index contributed by atoms with van der Waals surface area (Å²) in [6.07, 6.45) is 0.997. The van der Waals surface area contributed by atoms with Crippen molar-refractivity contribution < 1.29 is 19.1 Å². The highest BCUT2D eigenvalue weighted by atomic mass is 16.6. The zero-order chi connectivity index (χ0) is 18.1. The van der Waals surface area contributed by atoms with Gasteiger partial charge in [0.25, 0.3) is 5.91 Å². The van der Waals surface area contributed by atoms with Crippen molar-refractivity contribution in [1.29, 1.82) is 0 Å². The van der Waals surface area contributed by atoms with E-state index in [1.807, 2.05) is 47.4 Å². The van der Waals surface area contributed by atoms with Crippen LogP contribution in [0.1, 0.15) is 18.4 Å². The van der Waals surface area contributed by atoms with E-state index in [1.54, 1.807) is 0 Å². The third kappa shape index (κ3) is 3.03. The van der Waals surface area contributed by atoms with E-state index in [-0.39, 0.29) is 24.5 Å². The molecule has 3 amide bonds. The van der Waals surface area contributed by atoms with Gasteiger partial charge in [-0.15, -0.1) is 0 Å². The summed E-state index contributed by atoms with van der Waals surface area (Å²) in [4.78, 5) is 39.2. The molecule has 2 aromatic carbocycles. The van der Waals surface area contributed by atoms with Crippen molar-refractivity contribution in [3.05, 3.63) is 48.0 Å². The first-order valence-electron chi connectivity index (χ1n) is 8.87. The van der Waals surface area contributed by atoms with E-state index in [4.69, 9.17) is 4.74 Å². The first kappa shape index (κ1) is 16.6. The molecule has 0 spiro atoms. The predicted molar refractivity (Wildman–Crippen MR) is 95.4 cm³/mol. The van der Waals surface area contributed by atoms with Gasteiger partial charge in [0.2, 0.25) is 5.91 Å². The van der Waals surface area contributed by atoms with E-state index in [2.05, 4.69) is 0 Å². The normalized spacial score (nSPS) is 18.5. The van der Waals surface area contributed by atoms with Crippen molar-refractivity contribution in [3.8, 4) is 0 Å². The number of rotatable bonds is 3. The number of cyclic esters (lactones) is 1. The Morgan fingerprint density at radius 2 is 1.77 bits per heavy atom. The van der Waals surface area contributed by atoms with Crippen LogP contribution in [0.25, 0.3) is 10.8 Å². The summed E-state index contributed by atoms with van der Waals surface area (Å²) in [6, 6.07) is 13.9. The van der Waals surface area contributed by atoms with Gasteiger partial charge in [-0.25, -0.2) is 9.69 Å². The van der Waals surface area contributed by atoms with Crippen LogP contribution in [0, 0.1) is 0 Å². The summed E-state index contributed by atoms with van der Waals surface area (Å²) in [6.45, 7) is 0.926. The van der Waals surface area contributed by atoms with Gasteiger partial charge in [-0.2, -0.15) is 0 Å². The summed E-state index contributed by atoms with van der Waals surface area (Å²) < 4.78 is 4.78. The SMILES string of the molecule is O=C(Cc1cccc2ccccc12)N1CCC(N2C(=O)COC2=O)CC1. The lowest BCUT2D eigenvalue weighted by molar-refractivity contribution is -0.132. The average molecular weight is 352 g/mol. The average Bonchev–Trinajstić information content (AvgIpc) is 3.00. The van der Waals surface area contributed by atoms with E-state index in [0.29, 0.717) is 32.4 Å². The van der Waals surface area contributed by atoms with Crippen LogP contribution in [0.5, 0.6) is 0 Å². The fraction of sp³-hybridized carbons (Fsp3) is 0.350. The lowest BCUT2D eigenvalue weighted by atomic mass is 10.00. The second-order valence-electron chi connectivity index (χ2n) is 6.75. The Hall–Kier alpha value is -2.89. The first-order chi connectivity index (χ1) is 12.6. The number of likely N-dealkylation sites (tertiary alicyclic amines) is 1. The standard InChI is InChI=1S/C20H20N2O4/c23-18(12-15-6-3-5-14-4-1-2-7-17(14)15)21-10-8-16(9-11-21)22-19(24)13-26-20(22)25/h1-7,16H,8-13H2. The molecular formula is C20H20N2O4. The molecule has 2 aliphatic rings. The van der Waals surface area contributed by atoms with E-state index in [9.17, 15) is 14.4 Å². The molecule has 2 fully saturated rings. The Morgan fingerprint density at radius 3 is 2.50 bits per heavy atom. The number of carbonyl (C=O) groups is 3. The number of nitrogens with zero attached hydrogens (tertiary/aromatic N) is 2. The van der Waals surface area contributed by atoms with Crippen molar-refractivity contribution in [2.45, 2.75) is 25.3 Å². The quantitative estimate of drug-likeness (QED) is 0.850. The molecule has 2 heterocycles. The van der Waals surface area contributed by atoms with Gasteiger partial charge in [0.1, 0.15) is 0 Å². The van der Waals surface area contributed by atoms with Crippen LogP contribution in [-0.2, 0) is 20.7 Å². The van der Waals surface area contributed by atoms with Gasteiger partial charge in [0, 0.05) is 19.1 Å². The van der Waals surface area contributed by atoms with E-state index in [0.717, 1.165) is 16.3 Å². The van der Waals surface area contributed by atoms with Crippen LogP contribution >= 0.6 is 0 Å². The highest BCUT2D eigenvalue weighted by molar-refractivity contribution is 5.98. The fourth-order valence-corrected chi connectivity index (χ4v) is 3.81. The number of piperidine rings is 1. The topological polar surface area (TPSA) is 66.9 Å². The molecular weight excluding hydrogens is 332 g/mol. The third-order valence-electron chi connectivity index (χ3n) is 5.19. The molecule has 4 rings (SSSR count). The summed E-state index contributed by atoms with van der Waals surface area (Å²) >= 11 is 0. The lowest BCUT2D eigenvalue weighted by Gasteiger charge is -2.34. The number of fused-ring (bicyclic) bond motifs is 1. The largest absolute Gasteiger partial charge is 0.439 e. The molecule has 2 aliphatic heterocycles. The second kappa shape index (κ2) is 6.78. The molecule has 134 valence electrons. The van der Waals surface area contributed by atoms with Crippen molar-refractivity contribution in [2.75, 3.05) is 19.7 Å². The Bertz CT molecular complexity index is 850. The molecule has 0 radical (unpaired) electrons. The van der Waals surface area contributed by atoms with Gasteiger partial charge in [-0.05, 0) is 29.2 Å². The monoisotopic (exact) mass is 352 g/mol. The Morgan fingerprint density at radius 1 is 1.04 bits per heavy atom. The third-order valence-corrected chi connectivity index (χ3v) is 5.19. The minimum absolute atomic E-state index is 0.0788. The number of benzene rings is 2. The maximum absolute atomic E-state index is 12.7. The number of imide groups is 1. The summed E-state index contributed by atoms with van der Waals surface area (Å²) in [5.74, 6) is -0.203. The molecule has 0 saturated carbocycles. The Labute approximate surface area is 151 Å². The summed E-state index contributed by atoms with van der Waals surface area (Å²) in [5.41, 5.74) is 1.02. The zero-order valence-corrected chi connectivity index (χ0v) is 14.4. The number of amides is 3. The summed E-state index contributed by atoms with van der Waals surface area (Å²) in [7, 11) is 0. The molecule has 0 N–H and O–H groups in total. The van der Waals surface area contributed by atoms with E-state index >= 15 is 0 Å². The van der Waals surface area contributed by atoms with Crippen molar-refractivity contribution in [1.82, 2.24) is 9.80 Å². The molecule has 2 aromatic rings. The van der Waals surface area contributed by atoms with Gasteiger partial charge in [-0.1, -0.05) is 42.5 Å². The smallest absolute Gasteiger partial charge is 0.417 e. The van der Waals surface area contributed by atoms with Crippen LogP contribution in [0.3, 0.4) is 0 Å². The van der Waals surface area contributed by atoms with Crippen LogP contribution in [0.15, 0.2) is 42.5 Å². The van der Waals surface area contributed by atoms with Crippen LogP contribution < -0.4 is 0 Å². The number of hydrogen-bond acceptors (Lipinski definition) is 4. The van der Waals surface area contributed by atoms with Crippen molar-refractivity contribution in [3.63, 3.8) is 0 Å². The van der Waals surface area contributed by atoms with Crippen molar-refractivity contribution in [2.24, 2.45) is 0 Å². The molecule has 2 saturated heterocycles. The molecule has 6 nitrogen and oxygen atoms in total. The molecule has 0 aliphatic carbocycles. The van der Waals surface area contributed by atoms with Gasteiger partial charge in [0.15, 0.2) is 6.61 Å². The number of hydrogen-bond donors (Lipinski definition) is 0. The number of carbonyl (C=O) groups excluding carboxylic acids is 3. The first-order valence-corrected chi connectivity index (χ1v) is 8.87. The minimum Gasteiger partial charge on any atom is -0.439 e. The summed E-state index contributed by atoms with van der Waals surface area (Å²) in [5, 5.41) is 2.23. The highest BCUT2D eigenvalue weighted by Gasteiger charge is 2.38. The molecule has 26 heavy (non-hydrogen) atoms. The van der Waals surface area contributed by atoms with E-state index < -0.39 is 6.09 Å². The number of ether oxygens (including phenoxy) is 1. The molecule has 6 heteroatoms. The van der Waals surface area contributed by atoms with Gasteiger partial charge < -0.3 is 9.64 Å². The lowest BCUT2D eigenvalue weighted by Crippen LogP contribution is -2.48. The molecule has 0 atom stereocenters. The Kier molecular flexibility index (Phi) is 4.32.